The van der Waals surface area contributed by atoms with Crippen LogP contribution in [0.1, 0.15) is 63.3 Å². The number of benzene rings is 2. The molecule has 0 aliphatic heterocycles. The number of aryl methyl sites for hydroxylation is 2. The predicted molar refractivity (Wildman–Crippen MR) is 164 cm³/mol. The van der Waals surface area contributed by atoms with E-state index in [1.807, 2.05) is 25.1 Å². The SMILES string of the molecule is CCCCC(CC)C(=O)Nc1ccc(OC)c(-c2nnc3/c(=C\c4ccc(N(CC)CCO)cc4C)c(C)nn23)c1. The van der Waals surface area contributed by atoms with Crippen molar-refractivity contribution in [3.05, 3.63) is 58.4 Å². The Morgan fingerprint density at radius 2 is 1.95 bits per heavy atom. The fourth-order valence-electron chi connectivity index (χ4n) is 5.19. The van der Waals surface area contributed by atoms with Gasteiger partial charge in [0.15, 0.2) is 11.5 Å². The van der Waals surface area contributed by atoms with Crippen LogP contribution in [0.3, 0.4) is 0 Å². The summed E-state index contributed by atoms with van der Waals surface area (Å²) < 4.78 is 7.40. The first-order chi connectivity index (χ1) is 19.8. The zero-order valence-electron chi connectivity index (χ0n) is 25.1. The first kappa shape index (κ1) is 30.0. The zero-order valence-corrected chi connectivity index (χ0v) is 25.1. The van der Waals surface area contributed by atoms with Crippen LogP contribution < -0.4 is 20.2 Å². The van der Waals surface area contributed by atoms with Crippen LogP contribution in [0.5, 0.6) is 5.75 Å². The summed E-state index contributed by atoms with van der Waals surface area (Å²) in [5.41, 5.74) is 6.13. The Hall–Kier alpha value is -3.98. The molecule has 9 heteroatoms. The summed E-state index contributed by atoms with van der Waals surface area (Å²) in [6.45, 7) is 11.9. The van der Waals surface area contributed by atoms with Crippen LogP contribution in [-0.4, -0.2) is 57.6 Å². The zero-order chi connectivity index (χ0) is 29.5. The van der Waals surface area contributed by atoms with E-state index in [-0.39, 0.29) is 18.4 Å². The molecule has 0 bridgehead atoms. The van der Waals surface area contributed by atoms with Gasteiger partial charge in [0.05, 0.1) is 25.0 Å². The van der Waals surface area contributed by atoms with E-state index in [4.69, 9.17) is 9.84 Å². The van der Waals surface area contributed by atoms with Gasteiger partial charge in [-0.25, -0.2) is 0 Å². The second-order valence-corrected chi connectivity index (χ2v) is 10.4. The molecule has 2 N–H and O–H groups in total. The number of carbonyl (C=O) groups is 1. The van der Waals surface area contributed by atoms with Crippen molar-refractivity contribution in [2.75, 3.05) is 37.0 Å². The minimum absolute atomic E-state index is 0.0185. The fraction of sp³-hybridized carbons (Fsp3) is 0.438. The molecule has 2 aromatic heterocycles. The van der Waals surface area contributed by atoms with E-state index in [1.165, 1.54) is 0 Å². The highest BCUT2D eigenvalue weighted by Crippen LogP contribution is 2.32. The van der Waals surface area contributed by atoms with Gasteiger partial charge in [-0.15, -0.1) is 10.2 Å². The molecule has 1 atom stereocenters. The number of unbranched alkanes of at least 4 members (excludes halogenated alkanes) is 1. The summed E-state index contributed by atoms with van der Waals surface area (Å²) in [5.74, 6) is 1.18. The smallest absolute Gasteiger partial charge is 0.227 e. The average Bonchev–Trinajstić information content (AvgIpc) is 3.51. The normalized spacial score (nSPS) is 12.6. The number of ether oxygens (including phenoxy) is 1. The van der Waals surface area contributed by atoms with E-state index in [0.29, 0.717) is 35.0 Å². The number of hydrogen-bond donors (Lipinski definition) is 2. The third-order valence-electron chi connectivity index (χ3n) is 7.67. The van der Waals surface area contributed by atoms with Gasteiger partial charge in [0.2, 0.25) is 5.91 Å². The van der Waals surface area contributed by atoms with Crippen LogP contribution in [-0.2, 0) is 4.79 Å². The van der Waals surface area contributed by atoms with Crippen molar-refractivity contribution in [3.8, 4) is 17.1 Å². The number of fused-ring (bicyclic) bond motifs is 1. The summed E-state index contributed by atoms with van der Waals surface area (Å²) in [5, 5.41) is 27.2. The Labute approximate surface area is 242 Å². The van der Waals surface area contributed by atoms with Gasteiger partial charge < -0.3 is 20.1 Å². The van der Waals surface area contributed by atoms with Gasteiger partial charge in [0.25, 0.3) is 0 Å². The minimum atomic E-state index is -0.0185. The number of nitrogens with one attached hydrogen (secondary N) is 1. The van der Waals surface area contributed by atoms with Crippen LogP contribution in [0.15, 0.2) is 36.4 Å². The molecule has 4 aromatic rings. The summed E-state index contributed by atoms with van der Waals surface area (Å²) in [6, 6.07) is 11.9. The van der Waals surface area contributed by atoms with Gasteiger partial charge in [0, 0.05) is 35.6 Å². The first-order valence-corrected chi connectivity index (χ1v) is 14.5. The summed E-state index contributed by atoms with van der Waals surface area (Å²) in [6.07, 6.45) is 5.87. The van der Waals surface area contributed by atoms with Gasteiger partial charge in [-0.1, -0.05) is 32.8 Å². The van der Waals surface area contributed by atoms with Gasteiger partial charge in [-0.3, -0.25) is 4.79 Å². The maximum Gasteiger partial charge on any atom is 0.227 e. The largest absolute Gasteiger partial charge is 0.496 e. The molecule has 0 aliphatic carbocycles. The number of nitrogens with zero attached hydrogens (tertiary/aromatic N) is 5. The number of aromatic nitrogens is 4. The lowest BCUT2D eigenvalue weighted by atomic mass is 9.98. The predicted octanol–water partition coefficient (Wildman–Crippen LogP) is 4.94. The van der Waals surface area contributed by atoms with Gasteiger partial charge in [-0.2, -0.15) is 9.61 Å². The number of amides is 1. The van der Waals surface area contributed by atoms with E-state index >= 15 is 0 Å². The van der Waals surface area contributed by atoms with Crippen molar-refractivity contribution in [2.45, 2.75) is 60.3 Å². The maximum atomic E-state index is 13.0. The number of carbonyl (C=O) groups excluding carboxylic acids is 1. The van der Waals surface area contributed by atoms with E-state index in [1.54, 1.807) is 11.6 Å². The minimum Gasteiger partial charge on any atom is -0.496 e. The molecule has 0 aliphatic rings. The molecule has 2 heterocycles. The highest BCUT2D eigenvalue weighted by Gasteiger charge is 2.20. The molecular formula is C32H42N6O3. The molecule has 1 amide bonds. The number of likely N-dealkylation sites (N-methyl/N-ethyl adjacent to an activating group) is 1. The fourth-order valence-corrected chi connectivity index (χ4v) is 5.19. The molecule has 2 aromatic carbocycles. The number of methoxy groups -OCH3 is 1. The first-order valence-electron chi connectivity index (χ1n) is 14.5. The highest BCUT2D eigenvalue weighted by atomic mass is 16.5. The second-order valence-electron chi connectivity index (χ2n) is 10.4. The standard InChI is InChI=1S/C32H42N6O3/c1-7-10-11-23(8-2)32(40)33-25-13-15-29(41-6)28(20-25)31-35-34-30-27(22(5)36-38(30)31)19-24-12-14-26(18-21(24)4)37(9-3)16-17-39/h12-15,18-20,23,39H,7-11,16-17H2,1-6H3,(H,33,40)/b27-19-. The third kappa shape index (κ3) is 6.51. The van der Waals surface area contributed by atoms with Crippen LogP contribution in [0.2, 0.25) is 0 Å². The second kappa shape index (κ2) is 13.6. The van der Waals surface area contributed by atoms with Crippen molar-refractivity contribution in [2.24, 2.45) is 5.92 Å². The number of aliphatic hydroxyl groups excluding tert-OH is 1. The molecule has 9 nitrogen and oxygen atoms in total. The Balaban J connectivity index is 1.70. The van der Waals surface area contributed by atoms with Crippen LogP contribution in [0.4, 0.5) is 11.4 Å². The lowest BCUT2D eigenvalue weighted by Gasteiger charge is -2.22. The van der Waals surface area contributed by atoms with E-state index < -0.39 is 0 Å². The Bertz CT molecular complexity index is 1550. The highest BCUT2D eigenvalue weighted by molar-refractivity contribution is 5.93. The van der Waals surface area contributed by atoms with Crippen molar-refractivity contribution >= 4 is 29.0 Å². The van der Waals surface area contributed by atoms with E-state index in [0.717, 1.165) is 60.0 Å². The number of hydrogen-bond acceptors (Lipinski definition) is 7. The van der Waals surface area contributed by atoms with Crippen LogP contribution in [0.25, 0.3) is 23.1 Å². The summed E-state index contributed by atoms with van der Waals surface area (Å²) in [7, 11) is 1.61. The van der Waals surface area contributed by atoms with Crippen molar-refractivity contribution in [1.82, 2.24) is 19.8 Å². The van der Waals surface area contributed by atoms with Crippen LogP contribution in [0, 0.1) is 19.8 Å². The van der Waals surface area contributed by atoms with Crippen molar-refractivity contribution in [1.29, 1.82) is 0 Å². The van der Waals surface area contributed by atoms with Gasteiger partial charge in [0.1, 0.15) is 5.75 Å². The molecule has 0 spiro atoms. The quantitative estimate of drug-likeness (QED) is 0.240. The molecule has 0 fully saturated rings. The van der Waals surface area contributed by atoms with Crippen LogP contribution >= 0.6 is 0 Å². The molecule has 0 radical (unpaired) electrons. The molecule has 41 heavy (non-hydrogen) atoms. The molecular weight excluding hydrogens is 516 g/mol. The topological polar surface area (TPSA) is 105 Å². The Morgan fingerprint density at radius 3 is 2.61 bits per heavy atom. The summed E-state index contributed by atoms with van der Waals surface area (Å²) >= 11 is 0. The molecule has 0 saturated heterocycles. The monoisotopic (exact) mass is 558 g/mol. The third-order valence-corrected chi connectivity index (χ3v) is 7.67. The van der Waals surface area contributed by atoms with Crippen molar-refractivity contribution in [3.63, 3.8) is 0 Å². The Kier molecular flexibility index (Phi) is 9.94. The maximum absolute atomic E-state index is 13.0. The average molecular weight is 559 g/mol. The molecule has 0 saturated carbocycles. The number of rotatable bonds is 13. The molecule has 1 unspecified atom stereocenters. The summed E-state index contributed by atoms with van der Waals surface area (Å²) in [4.78, 5) is 15.1. The molecule has 218 valence electrons. The lowest BCUT2D eigenvalue weighted by molar-refractivity contribution is -0.120. The molecule has 4 rings (SSSR count). The van der Waals surface area contributed by atoms with Crippen molar-refractivity contribution < 1.29 is 14.6 Å². The van der Waals surface area contributed by atoms with E-state index in [2.05, 4.69) is 72.4 Å². The Morgan fingerprint density at radius 1 is 1.15 bits per heavy atom. The van der Waals surface area contributed by atoms with Gasteiger partial charge >= 0.3 is 0 Å². The number of anilines is 2. The van der Waals surface area contributed by atoms with Gasteiger partial charge in [-0.05, 0) is 81.1 Å². The lowest BCUT2D eigenvalue weighted by Crippen LogP contribution is -2.26. The number of aliphatic hydroxyl groups is 1. The van der Waals surface area contributed by atoms with E-state index in [9.17, 15) is 9.90 Å².